The summed E-state index contributed by atoms with van der Waals surface area (Å²) in [5.74, 6) is 0. The van der Waals surface area contributed by atoms with Gasteiger partial charge in [0.25, 0.3) is 5.69 Å². The van der Waals surface area contributed by atoms with Crippen molar-refractivity contribution in [3.63, 3.8) is 0 Å². The molecule has 0 radical (unpaired) electrons. The van der Waals surface area contributed by atoms with E-state index in [0.29, 0.717) is 10.1 Å². The van der Waals surface area contributed by atoms with Crippen molar-refractivity contribution in [3.05, 3.63) is 33.4 Å². The Bertz CT molecular complexity index is 523. The maximum absolute atomic E-state index is 12.8. The SMILES string of the molecule is O=[N+]([O-])c1cc2sc(F)cc2cc1S. The highest BCUT2D eigenvalue weighted by atomic mass is 32.1. The number of halogens is 1. The third-order valence-electron chi connectivity index (χ3n) is 1.78. The molecule has 0 atom stereocenters. The van der Waals surface area contributed by atoms with Crippen LogP contribution in [0.4, 0.5) is 10.1 Å². The van der Waals surface area contributed by atoms with E-state index < -0.39 is 4.92 Å². The molecule has 1 aromatic heterocycles. The highest BCUT2D eigenvalue weighted by Crippen LogP contribution is 2.32. The molecule has 14 heavy (non-hydrogen) atoms. The van der Waals surface area contributed by atoms with Crippen LogP contribution in [0.5, 0.6) is 0 Å². The second-order valence-corrected chi connectivity index (χ2v) is 4.20. The van der Waals surface area contributed by atoms with Gasteiger partial charge in [-0.05, 0) is 17.5 Å². The van der Waals surface area contributed by atoms with Gasteiger partial charge >= 0.3 is 0 Å². The molecule has 0 aliphatic heterocycles. The lowest BCUT2D eigenvalue weighted by atomic mass is 10.2. The highest BCUT2D eigenvalue weighted by molar-refractivity contribution is 7.80. The summed E-state index contributed by atoms with van der Waals surface area (Å²) in [5.41, 5.74) is -0.0947. The van der Waals surface area contributed by atoms with Crippen LogP contribution in [0.15, 0.2) is 23.1 Å². The standard InChI is InChI=1S/C8H4FNO2S2/c9-8-2-4-1-6(13)5(10(11)12)3-7(4)14-8/h1-3,13H. The Morgan fingerprint density at radius 3 is 2.79 bits per heavy atom. The zero-order valence-electron chi connectivity index (χ0n) is 6.73. The Morgan fingerprint density at radius 1 is 1.43 bits per heavy atom. The lowest BCUT2D eigenvalue weighted by Crippen LogP contribution is -1.88. The summed E-state index contributed by atoms with van der Waals surface area (Å²) in [4.78, 5) is 10.3. The quantitative estimate of drug-likeness (QED) is 0.463. The largest absolute Gasteiger partial charge is 0.284 e. The monoisotopic (exact) mass is 229 g/mol. The van der Waals surface area contributed by atoms with E-state index in [9.17, 15) is 14.5 Å². The Morgan fingerprint density at radius 2 is 2.14 bits per heavy atom. The van der Waals surface area contributed by atoms with Gasteiger partial charge in [0, 0.05) is 10.8 Å². The minimum atomic E-state index is -0.528. The first-order valence-corrected chi connectivity index (χ1v) is 4.91. The lowest BCUT2D eigenvalue weighted by molar-refractivity contribution is -0.387. The molecular weight excluding hydrogens is 225 g/mol. The van der Waals surface area contributed by atoms with Crippen LogP contribution in [0.1, 0.15) is 0 Å². The molecule has 0 saturated carbocycles. The highest BCUT2D eigenvalue weighted by Gasteiger charge is 2.13. The second kappa shape index (κ2) is 3.21. The van der Waals surface area contributed by atoms with E-state index in [1.165, 1.54) is 18.2 Å². The molecule has 1 heterocycles. The van der Waals surface area contributed by atoms with E-state index in [0.717, 1.165) is 11.3 Å². The predicted molar refractivity (Wildman–Crippen MR) is 55.7 cm³/mol. The van der Waals surface area contributed by atoms with Crippen molar-refractivity contribution in [2.75, 3.05) is 0 Å². The molecule has 0 fully saturated rings. The fourth-order valence-electron chi connectivity index (χ4n) is 1.18. The summed E-state index contributed by atoms with van der Waals surface area (Å²) in [5, 5.41) is 10.8. The van der Waals surface area contributed by atoms with Crippen molar-refractivity contribution < 1.29 is 9.31 Å². The molecule has 2 rings (SSSR count). The molecule has 0 amide bonds. The van der Waals surface area contributed by atoms with Crippen LogP contribution in [0.3, 0.4) is 0 Å². The van der Waals surface area contributed by atoms with Crippen molar-refractivity contribution in [3.8, 4) is 0 Å². The average molecular weight is 229 g/mol. The lowest BCUT2D eigenvalue weighted by Gasteiger charge is -1.95. The van der Waals surface area contributed by atoms with Crippen LogP contribution in [-0.2, 0) is 0 Å². The number of rotatable bonds is 1. The zero-order valence-corrected chi connectivity index (χ0v) is 8.44. The van der Waals surface area contributed by atoms with Gasteiger partial charge in [0.1, 0.15) is 0 Å². The van der Waals surface area contributed by atoms with Crippen molar-refractivity contribution in [1.29, 1.82) is 0 Å². The molecule has 0 unspecified atom stereocenters. The van der Waals surface area contributed by atoms with Gasteiger partial charge in [-0.25, -0.2) is 0 Å². The molecule has 0 saturated heterocycles. The zero-order chi connectivity index (χ0) is 10.3. The van der Waals surface area contributed by atoms with Gasteiger partial charge in [0.2, 0.25) is 0 Å². The Kier molecular flexibility index (Phi) is 2.16. The molecule has 0 bridgehead atoms. The van der Waals surface area contributed by atoms with Gasteiger partial charge < -0.3 is 0 Å². The first kappa shape index (κ1) is 9.42. The predicted octanol–water partition coefficient (Wildman–Crippen LogP) is 3.24. The van der Waals surface area contributed by atoms with E-state index in [-0.39, 0.29) is 15.7 Å². The van der Waals surface area contributed by atoms with Crippen molar-refractivity contribution in [1.82, 2.24) is 0 Å². The smallest absolute Gasteiger partial charge is 0.258 e. The van der Waals surface area contributed by atoms with Gasteiger partial charge in [-0.1, -0.05) is 0 Å². The molecule has 2 aromatic rings. The Balaban J connectivity index is 2.76. The minimum absolute atomic E-state index is 0.0947. The van der Waals surface area contributed by atoms with Crippen LogP contribution < -0.4 is 0 Å². The van der Waals surface area contributed by atoms with E-state index in [4.69, 9.17) is 0 Å². The molecule has 0 spiro atoms. The van der Waals surface area contributed by atoms with Crippen LogP contribution in [-0.4, -0.2) is 4.92 Å². The van der Waals surface area contributed by atoms with Crippen molar-refractivity contribution in [2.45, 2.75) is 4.90 Å². The Labute approximate surface area is 87.7 Å². The van der Waals surface area contributed by atoms with Crippen LogP contribution in [0.25, 0.3) is 10.1 Å². The van der Waals surface area contributed by atoms with Gasteiger partial charge in [-0.2, -0.15) is 4.39 Å². The fourth-order valence-corrected chi connectivity index (χ4v) is 2.27. The number of fused-ring (bicyclic) bond motifs is 1. The molecule has 0 aliphatic rings. The summed E-state index contributed by atoms with van der Waals surface area (Å²) in [6.07, 6.45) is 0. The summed E-state index contributed by atoms with van der Waals surface area (Å²) in [6.45, 7) is 0. The summed E-state index contributed by atoms with van der Waals surface area (Å²) in [6, 6.07) is 4.17. The number of hydrogen-bond donors (Lipinski definition) is 1. The van der Waals surface area contributed by atoms with E-state index in [2.05, 4.69) is 12.6 Å². The van der Waals surface area contributed by atoms with Crippen molar-refractivity contribution in [2.24, 2.45) is 0 Å². The van der Waals surface area contributed by atoms with Gasteiger partial charge in [0.05, 0.1) is 9.82 Å². The molecular formula is C8H4FNO2S2. The minimum Gasteiger partial charge on any atom is -0.258 e. The molecule has 0 aliphatic carbocycles. The summed E-state index contributed by atoms with van der Waals surface area (Å²) < 4.78 is 13.4. The van der Waals surface area contributed by atoms with Gasteiger partial charge in [-0.15, -0.1) is 24.0 Å². The van der Waals surface area contributed by atoms with Crippen LogP contribution >= 0.6 is 24.0 Å². The van der Waals surface area contributed by atoms with E-state index in [1.807, 2.05) is 0 Å². The summed E-state index contributed by atoms with van der Waals surface area (Å²) in [7, 11) is 0. The van der Waals surface area contributed by atoms with E-state index >= 15 is 0 Å². The molecule has 72 valence electrons. The number of nitro benzene ring substituents is 1. The molecule has 3 nitrogen and oxygen atoms in total. The average Bonchev–Trinajstić information content (AvgIpc) is 2.42. The third-order valence-corrected chi connectivity index (χ3v) is 3.02. The molecule has 0 N–H and O–H groups in total. The van der Waals surface area contributed by atoms with Gasteiger partial charge in [0.15, 0.2) is 5.13 Å². The number of nitro groups is 1. The van der Waals surface area contributed by atoms with Crippen molar-refractivity contribution >= 4 is 39.7 Å². The van der Waals surface area contributed by atoms with Crippen LogP contribution in [0, 0.1) is 15.2 Å². The topological polar surface area (TPSA) is 43.1 Å². The third kappa shape index (κ3) is 1.46. The van der Waals surface area contributed by atoms with E-state index in [1.54, 1.807) is 0 Å². The van der Waals surface area contributed by atoms with Crippen LogP contribution in [0.2, 0.25) is 0 Å². The first-order chi connectivity index (χ1) is 6.58. The number of nitrogens with zero attached hydrogens (tertiary/aromatic N) is 1. The number of thiophene rings is 1. The number of hydrogen-bond acceptors (Lipinski definition) is 4. The summed E-state index contributed by atoms with van der Waals surface area (Å²) >= 11 is 4.85. The maximum Gasteiger partial charge on any atom is 0.284 e. The molecule has 1 aromatic carbocycles. The fraction of sp³-hybridized carbons (Fsp3) is 0. The normalized spacial score (nSPS) is 10.7. The van der Waals surface area contributed by atoms with Gasteiger partial charge in [-0.3, -0.25) is 10.1 Å². The maximum atomic E-state index is 12.8. The number of benzene rings is 1. The first-order valence-electron chi connectivity index (χ1n) is 3.64. The second-order valence-electron chi connectivity index (χ2n) is 2.69. The number of thiol groups is 1. The Hall–Kier alpha value is -1.14. The molecule has 6 heteroatoms.